The molecule has 0 unspecified atom stereocenters. The highest BCUT2D eigenvalue weighted by Crippen LogP contribution is 2.26. The van der Waals surface area contributed by atoms with Crippen molar-refractivity contribution in [3.63, 3.8) is 0 Å². The Morgan fingerprint density at radius 3 is 2.28 bits per heavy atom. The Kier molecular flexibility index (Phi) is 5.50. The molecule has 9 heteroatoms. The fraction of sp³-hybridized carbons (Fsp3) is 0.625. The SMILES string of the molecule is CN(C1CCNCC1)S(=O)(=O)c1cccc(S(=O)(=O)N2CCCC2)c1. The first-order chi connectivity index (χ1) is 11.8. The van der Waals surface area contributed by atoms with E-state index < -0.39 is 20.0 Å². The van der Waals surface area contributed by atoms with Crippen LogP contribution in [0.3, 0.4) is 0 Å². The maximum absolute atomic E-state index is 12.9. The van der Waals surface area contributed by atoms with Gasteiger partial charge >= 0.3 is 0 Å². The van der Waals surface area contributed by atoms with Crippen LogP contribution in [0, 0.1) is 0 Å². The number of piperidine rings is 1. The number of hydrogen-bond acceptors (Lipinski definition) is 5. The lowest BCUT2D eigenvalue weighted by atomic mass is 10.1. The van der Waals surface area contributed by atoms with Crippen molar-refractivity contribution in [3.8, 4) is 0 Å². The molecule has 0 atom stereocenters. The second kappa shape index (κ2) is 7.32. The number of rotatable bonds is 5. The molecule has 0 aromatic heterocycles. The van der Waals surface area contributed by atoms with Crippen molar-refractivity contribution in [2.24, 2.45) is 0 Å². The van der Waals surface area contributed by atoms with Crippen molar-refractivity contribution in [2.75, 3.05) is 33.2 Å². The molecule has 0 amide bonds. The Labute approximate surface area is 150 Å². The van der Waals surface area contributed by atoms with Gasteiger partial charge in [0.2, 0.25) is 20.0 Å². The summed E-state index contributed by atoms with van der Waals surface area (Å²) in [6.07, 6.45) is 3.19. The molecule has 0 radical (unpaired) electrons. The largest absolute Gasteiger partial charge is 0.317 e. The maximum atomic E-state index is 12.9. The molecule has 1 aromatic rings. The monoisotopic (exact) mass is 387 g/mol. The molecule has 2 aliphatic rings. The van der Waals surface area contributed by atoms with Crippen molar-refractivity contribution in [2.45, 2.75) is 41.5 Å². The van der Waals surface area contributed by atoms with E-state index in [-0.39, 0.29) is 15.8 Å². The molecule has 3 rings (SSSR count). The Balaban J connectivity index is 1.89. The molecule has 25 heavy (non-hydrogen) atoms. The third-order valence-corrected chi connectivity index (χ3v) is 8.81. The van der Waals surface area contributed by atoms with Crippen LogP contribution in [0.15, 0.2) is 34.1 Å². The first kappa shape index (κ1) is 18.8. The van der Waals surface area contributed by atoms with Gasteiger partial charge in [0, 0.05) is 26.2 Å². The van der Waals surface area contributed by atoms with Crippen LogP contribution in [0.25, 0.3) is 0 Å². The smallest absolute Gasteiger partial charge is 0.243 e. The molecular weight excluding hydrogens is 362 g/mol. The predicted octanol–water partition coefficient (Wildman–Crippen LogP) is 0.844. The summed E-state index contributed by atoms with van der Waals surface area (Å²) in [7, 11) is -5.78. The summed E-state index contributed by atoms with van der Waals surface area (Å²) in [6, 6.07) is 5.67. The second-order valence-corrected chi connectivity index (χ2v) is 10.5. The lowest BCUT2D eigenvalue weighted by molar-refractivity contribution is 0.296. The number of nitrogens with zero attached hydrogens (tertiary/aromatic N) is 2. The van der Waals surface area contributed by atoms with Crippen molar-refractivity contribution < 1.29 is 16.8 Å². The fourth-order valence-corrected chi connectivity index (χ4v) is 6.51. The normalized spacial score (nSPS) is 21.0. The second-order valence-electron chi connectivity index (χ2n) is 6.59. The third-order valence-electron chi connectivity index (χ3n) is 5.01. The Morgan fingerprint density at radius 1 is 1.04 bits per heavy atom. The quantitative estimate of drug-likeness (QED) is 0.809. The lowest BCUT2D eigenvalue weighted by Gasteiger charge is -2.31. The van der Waals surface area contributed by atoms with E-state index in [9.17, 15) is 16.8 Å². The van der Waals surface area contributed by atoms with Crippen LogP contribution in [-0.2, 0) is 20.0 Å². The van der Waals surface area contributed by atoms with Crippen LogP contribution in [0.1, 0.15) is 25.7 Å². The topological polar surface area (TPSA) is 86.8 Å². The molecule has 140 valence electrons. The zero-order valence-electron chi connectivity index (χ0n) is 14.4. The maximum Gasteiger partial charge on any atom is 0.243 e. The number of benzene rings is 1. The van der Waals surface area contributed by atoms with E-state index in [4.69, 9.17) is 0 Å². The molecule has 2 heterocycles. The molecule has 0 bridgehead atoms. The van der Waals surface area contributed by atoms with Crippen LogP contribution in [0.5, 0.6) is 0 Å². The number of hydrogen-bond donors (Lipinski definition) is 1. The summed E-state index contributed by atoms with van der Waals surface area (Å²) < 4.78 is 54.1. The van der Waals surface area contributed by atoms with Gasteiger partial charge in [-0.3, -0.25) is 0 Å². The summed E-state index contributed by atoms with van der Waals surface area (Å²) in [5.41, 5.74) is 0. The minimum atomic E-state index is -3.72. The summed E-state index contributed by atoms with van der Waals surface area (Å²) in [5, 5.41) is 3.21. The minimum absolute atomic E-state index is 0.0359. The summed E-state index contributed by atoms with van der Waals surface area (Å²) >= 11 is 0. The van der Waals surface area contributed by atoms with E-state index in [2.05, 4.69) is 5.32 Å². The highest BCUT2D eigenvalue weighted by molar-refractivity contribution is 7.90. The average Bonchev–Trinajstić information content (AvgIpc) is 3.17. The molecular formula is C16H25N3O4S2. The van der Waals surface area contributed by atoms with Crippen LogP contribution in [0.2, 0.25) is 0 Å². The van der Waals surface area contributed by atoms with E-state index in [1.165, 1.54) is 32.9 Å². The van der Waals surface area contributed by atoms with Crippen molar-refractivity contribution in [3.05, 3.63) is 24.3 Å². The standard InChI is InChI=1S/C16H25N3O4S2/c1-18(14-7-9-17-10-8-14)24(20,21)15-5-4-6-16(13-15)25(22,23)19-11-2-3-12-19/h4-6,13-14,17H,2-3,7-12H2,1H3. The molecule has 2 aliphatic heterocycles. The molecule has 0 spiro atoms. The Bertz CT molecular complexity index is 812. The van der Waals surface area contributed by atoms with Crippen LogP contribution in [-0.4, -0.2) is 64.7 Å². The molecule has 0 aliphatic carbocycles. The fourth-order valence-electron chi connectivity index (χ4n) is 3.41. The van der Waals surface area contributed by atoms with Crippen molar-refractivity contribution >= 4 is 20.0 Å². The van der Waals surface area contributed by atoms with Crippen LogP contribution < -0.4 is 5.32 Å². The molecule has 1 N–H and O–H groups in total. The minimum Gasteiger partial charge on any atom is -0.317 e. The van der Waals surface area contributed by atoms with Gasteiger partial charge in [-0.15, -0.1) is 0 Å². The molecule has 0 saturated carbocycles. The van der Waals surface area contributed by atoms with E-state index in [1.54, 1.807) is 7.05 Å². The first-order valence-electron chi connectivity index (χ1n) is 8.62. The zero-order chi connectivity index (χ0) is 18.1. The van der Waals surface area contributed by atoms with Crippen LogP contribution >= 0.6 is 0 Å². The summed E-state index contributed by atoms with van der Waals surface area (Å²) in [5.74, 6) is 0. The highest BCUT2D eigenvalue weighted by atomic mass is 32.2. The van der Waals surface area contributed by atoms with E-state index in [0.717, 1.165) is 38.8 Å². The lowest BCUT2D eigenvalue weighted by Crippen LogP contribution is -2.43. The predicted molar refractivity (Wildman–Crippen MR) is 95.3 cm³/mol. The molecule has 1 aromatic carbocycles. The van der Waals surface area contributed by atoms with Gasteiger partial charge in [-0.05, 0) is 57.0 Å². The van der Waals surface area contributed by atoms with Gasteiger partial charge in [0.05, 0.1) is 9.79 Å². The number of sulfonamides is 2. The van der Waals surface area contributed by atoms with Crippen molar-refractivity contribution in [1.82, 2.24) is 13.9 Å². The number of nitrogens with one attached hydrogen (secondary N) is 1. The van der Waals surface area contributed by atoms with Crippen LogP contribution in [0.4, 0.5) is 0 Å². The summed E-state index contributed by atoms with van der Waals surface area (Å²) in [6.45, 7) is 2.56. The third kappa shape index (κ3) is 3.75. The molecule has 7 nitrogen and oxygen atoms in total. The van der Waals surface area contributed by atoms with Gasteiger partial charge in [0.1, 0.15) is 0 Å². The van der Waals surface area contributed by atoms with E-state index in [0.29, 0.717) is 13.1 Å². The molecule has 2 fully saturated rings. The summed E-state index contributed by atoms with van der Waals surface area (Å²) in [4.78, 5) is 0.0861. The highest BCUT2D eigenvalue weighted by Gasteiger charge is 2.31. The van der Waals surface area contributed by atoms with Gasteiger partial charge in [-0.25, -0.2) is 16.8 Å². The molecule has 2 saturated heterocycles. The Morgan fingerprint density at radius 2 is 1.64 bits per heavy atom. The van der Waals surface area contributed by atoms with E-state index in [1.807, 2.05) is 0 Å². The van der Waals surface area contributed by atoms with Gasteiger partial charge in [0.25, 0.3) is 0 Å². The van der Waals surface area contributed by atoms with E-state index >= 15 is 0 Å². The van der Waals surface area contributed by atoms with Crippen molar-refractivity contribution in [1.29, 1.82) is 0 Å². The Hall–Kier alpha value is -1.00. The van der Waals surface area contributed by atoms with Gasteiger partial charge in [0.15, 0.2) is 0 Å². The van der Waals surface area contributed by atoms with Gasteiger partial charge in [-0.1, -0.05) is 6.07 Å². The zero-order valence-corrected chi connectivity index (χ0v) is 16.0. The average molecular weight is 388 g/mol. The first-order valence-corrected chi connectivity index (χ1v) is 11.5. The van der Waals surface area contributed by atoms with Gasteiger partial charge < -0.3 is 5.32 Å². The van der Waals surface area contributed by atoms with Gasteiger partial charge in [-0.2, -0.15) is 8.61 Å².